The first-order valence-electron chi connectivity index (χ1n) is 6.04. The fraction of sp³-hybridized carbons (Fsp3) is 0.0667. The summed E-state index contributed by atoms with van der Waals surface area (Å²) in [5.74, 6) is 0.186. The molecular formula is C15H11N3O2. The molecule has 0 saturated heterocycles. The maximum absolute atomic E-state index is 12.6. The van der Waals surface area contributed by atoms with E-state index in [-0.39, 0.29) is 5.78 Å². The first kappa shape index (κ1) is 12.2. The lowest BCUT2D eigenvalue weighted by Gasteiger charge is -2.05. The summed E-state index contributed by atoms with van der Waals surface area (Å²) < 4.78 is 5.01. The summed E-state index contributed by atoms with van der Waals surface area (Å²) in [5, 5.41) is 0.803. The van der Waals surface area contributed by atoms with Crippen LogP contribution in [0, 0.1) is 0 Å². The van der Waals surface area contributed by atoms with Gasteiger partial charge in [0.25, 0.3) is 0 Å². The van der Waals surface area contributed by atoms with Crippen molar-refractivity contribution in [3.05, 3.63) is 60.2 Å². The maximum Gasteiger partial charge on any atom is 0.216 e. The van der Waals surface area contributed by atoms with E-state index in [1.807, 2.05) is 12.1 Å². The maximum atomic E-state index is 12.6. The minimum atomic E-state index is -0.177. The van der Waals surface area contributed by atoms with Gasteiger partial charge in [0.15, 0.2) is 0 Å². The highest BCUT2D eigenvalue weighted by atomic mass is 16.5. The van der Waals surface area contributed by atoms with Gasteiger partial charge in [-0.05, 0) is 12.1 Å². The van der Waals surface area contributed by atoms with E-state index in [4.69, 9.17) is 4.74 Å². The van der Waals surface area contributed by atoms with Gasteiger partial charge in [0.1, 0.15) is 12.0 Å². The van der Waals surface area contributed by atoms with Gasteiger partial charge in [0.05, 0.1) is 12.6 Å². The topological polar surface area (TPSA) is 65.0 Å². The summed E-state index contributed by atoms with van der Waals surface area (Å²) in [6, 6.07) is 10.6. The van der Waals surface area contributed by atoms with Crippen LogP contribution in [0.25, 0.3) is 10.9 Å². The van der Waals surface area contributed by atoms with Crippen LogP contribution < -0.4 is 4.74 Å². The summed E-state index contributed by atoms with van der Waals surface area (Å²) in [6.07, 6.45) is 3.01. The molecule has 0 unspecified atom stereocenters. The summed E-state index contributed by atoms with van der Waals surface area (Å²) in [6.45, 7) is 0. The smallest absolute Gasteiger partial charge is 0.216 e. The van der Waals surface area contributed by atoms with Gasteiger partial charge in [-0.1, -0.05) is 18.2 Å². The molecule has 3 rings (SSSR count). The fourth-order valence-corrected chi connectivity index (χ4v) is 2.01. The molecule has 2 heterocycles. The quantitative estimate of drug-likeness (QED) is 0.680. The molecule has 3 aromatic rings. The Labute approximate surface area is 115 Å². The van der Waals surface area contributed by atoms with E-state index >= 15 is 0 Å². The van der Waals surface area contributed by atoms with Gasteiger partial charge in [-0.2, -0.15) is 0 Å². The van der Waals surface area contributed by atoms with Crippen LogP contribution in [-0.4, -0.2) is 27.8 Å². The van der Waals surface area contributed by atoms with Gasteiger partial charge in [-0.25, -0.2) is 9.97 Å². The molecule has 5 heteroatoms. The summed E-state index contributed by atoms with van der Waals surface area (Å²) in [5.41, 5.74) is 1.64. The summed E-state index contributed by atoms with van der Waals surface area (Å²) in [4.78, 5) is 24.7. The van der Waals surface area contributed by atoms with Gasteiger partial charge in [0.2, 0.25) is 11.7 Å². The Morgan fingerprint density at radius 3 is 2.85 bits per heavy atom. The van der Waals surface area contributed by atoms with Crippen LogP contribution in [0.1, 0.15) is 16.1 Å². The highest BCUT2D eigenvalue weighted by molar-refractivity contribution is 6.15. The third-order valence-corrected chi connectivity index (χ3v) is 2.97. The lowest BCUT2D eigenvalue weighted by Crippen LogP contribution is -2.06. The second-order valence-electron chi connectivity index (χ2n) is 4.15. The molecule has 98 valence electrons. The van der Waals surface area contributed by atoms with Crippen molar-refractivity contribution >= 4 is 16.7 Å². The van der Waals surface area contributed by atoms with E-state index in [9.17, 15) is 4.79 Å². The standard InChI is InChI=1S/C15H11N3O2/c1-20-14-8-13(17-9-18-14)15(19)11-4-2-6-12-10(11)5-3-7-16-12/h2-9H,1H3. The number of fused-ring (bicyclic) bond motifs is 1. The number of hydrogen-bond acceptors (Lipinski definition) is 5. The van der Waals surface area contributed by atoms with Crippen molar-refractivity contribution in [2.24, 2.45) is 0 Å². The second-order valence-corrected chi connectivity index (χ2v) is 4.15. The average molecular weight is 265 g/mol. The fourth-order valence-electron chi connectivity index (χ4n) is 2.01. The molecule has 1 aromatic carbocycles. The number of nitrogens with zero attached hydrogens (tertiary/aromatic N) is 3. The summed E-state index contributed by atoms with van der Waals surface area (Å²) >= 11 is 0. The Kier molecular flexibility index (Phi) is 3.09. The number of methoxy groups -OCH3 is 1. The molecular weight excluding hydrogens is 254 g/mol. The number of pyridine rings is 1. The third-order valence-electron chi connectivity index (χ3n) is 2.97. The molecule has 2 aromatic heterocycles. The Balaban J connectivity index is 2.12. The Hall–Kier alpha value is -2.82. The van der Waals surface area contributed by atoms with Crippen molar-refractivity contribution in [2.75, 3.05) is 7.11 Å². The molecule has 0 atom stereocenters. The molecule has 0 aliphatic rings. The molecule has 0 amide bonds. The molecule has 0 aliphatic heterocycles. The highest BCUT2D eigenvalue weighted by Crippen LogP contribution is 2.20. The highest BCUT2D eigenvalue weighted by Gasteiger charge is 2.14. The van der Waals surface area contributed by atoms with Crippen LogP contribution in [0.4, 0.5) is 0 Å². The van der Waals surface area contributed by atoms with Gasteiger partial charge in [-0.3, -0.25) is 9.78 Å². The lowest BCUT2D eigenvalue weighted by molar-refractivity contribution is 0.103. The first-order valence-corrected chi connectivity index (χ1v) is 6.04. The largest absolute Gasteiger partial charge is 0.481 e. The van der Waals surface area contributed by atoms with Crippen molar-refractivity contribution < 1.29 is 9.53 Å². The monoisotopic (exact) mass is 265 g/mol. The molecule has 0 fully saturated rings. The number of hydrogen-bond donors (Lipinski definition) is 0. The van der Waals surface area contributed by atoms with Gasteiger partial charge in [-0.15, -0.1) is 0 Å². The zero-order valence-corrected chi connectivity index (χ0v) is 10.8. The first-order chi connectivity index (χ1) is 9.79. The number of ketones is 1. The van der Waals surface area contributed by atoms with E-state index in [1.165, 1.54) is 19.5 Å². The molecule has 0 radical (unpaired) electrons. The molecule has 0 bridgehead atoms. The normalized spacial score (nSPS) is 10.4. The SMILES string of the molecule is COc1cc(C(=O)c2cccc3ncccc23)ncn1. The van der Waals surface area contributed by atoms with Gasteiger partial charge >= 0.3 is 0 Å². The zero-order chi connectivity index (χ0) is 13.9. The second kappa shape index (κ2) is 5.05. The number of aromatic nitrogens is 3. The van der Waals surface area contributed by atoms with Crippen LogP contribution in [-0.2, 0) is 0 Å². The molecule has 0 saturated carbocycles. The number of carbonyl (C=O) groups excluding carboxylic acids is 1. The number of ether oxygens (including phenoxy) is 1. The van der Waals surface area contributed by atoms with Crippen LogP contribution in [0.5, 0.6) is 5.88 Å². The van der Waals surface area contributed by atoms with Crippen molar-refractivity contribution in [1.82, 2.24) is 15.0 Å². The van der Waals surface area contributed by atoms with E-state index in [0.29, 0.717) is 17.1 Å². The Morgan fingerprint density at radius 2 is 2.00 bits per heavy atom. The number of carbonyl (C=O) groups is 1. The molecule has 5 nitrogen and oxygen atoms in total. The lowest BCUT2D eigenvalue weighted by atomic mass is 10.0. The van der Waals surface area contributed by atoms with E-state index in [2.05, 4.69) is 15.0 Å². The van der Waals surface area contributed by atoms with Crippen LogP contribution in [0.3, 0.4) is 0 Å². The Bertz CT molecular complexity index is 781. The molecule has 0 N–H and O–H groups in total. The molecule has 0 aliphatic carbocycles. The van der Waals surface area contributed by atoms with Crippen molar-refractivity contribution in [2.45, 2.75) is 0 Å². The molecule has 0 spiro atoms. The van der Waals surface area contributed by atoms with Gasteiger partial charge < -0.3 is 4.74 Å². The predicted octanol–water partition coefficient (Wildman–Crippen LogP) is 2.26. The minimum Gasteiger partial charge on any atom is -0.481 e. The van der Waals surface area contributed by atoms with E-state index in [1.54, 1.807) is 24.4 Å². The minimum absolute atomic E-state index is 0.177. The van der Waals surface area contributed by atoms with E-state index in [0.717, 1.165) is 10.9 Å². The number of rotatable bonds is 3. The Morgan fingerprint density at radius 1 is 1.10 bits per heavy atom. The van der Waals surface area contributed by atoms with Crippen molar-refractivity contribution in [3.8, 4) is 5.88 Å². The zero-order valence-electron chi connectivity index (χ0n) is 10.8. The predicted molar refractivity (Wildman–Crippen MR) is 73.8 cm³/mol. The van der Waals surface area contributed by atoms with Crippen LogP contribution in [0.2, 0.25) is 0 Å². The number of benzene rings is 1. The van der Waals surface area contributed by atoms with Crippen molar-refractivity contribution in [1.29, 1.82) is 0 Å². The average Bonchev–Trinajstić information content (AvgIpc) is 2.53. The van der Waals surface area contributed by atoms with Gasteiger partial charge in [0, 0.05) is 23.2 Å². The molecule has 20 heavy (non-hydrogen) atoms. The summed E-state index contributed by atoms with van der Waals surface area (Å²) in [7, 11) is 1.50. The van der Waals surface area contributed by atoms with Crippen molar-refractivity contribution in [3.63, 3.8) is 0 Å². The third kappa shape index (κ3) is 2.09. The van der Waals surface area contributed by atoms with Crippen LogP contribution in [0.15, 0.2) is 48.9 Å². The van der Waals surface area contributed by atoms with E-state index < -0.39 is 0 Å². The van der Waals surface area contributed by atoms with Crippen LogP contribution >= 0.6 is 0 Å².